The molecule has 1 aromatic rings. The van der Waals surface area contributed by atoms with Gasteiger partial charge in [0.15, 0.2) is 0 Å². The number of benzene rings is 1. The second-order valence-corrected chi connectivity index (χ2v) is 6.04. The summed E-state index contributed by atoms with van der Waals surface area (Å²) in [5.74, 6) is -0.486. The molecule has 3 N–H and O–H groups in total. The molecule has 128 valence electrons. The number of hydrogen-bond acceptors (Lipinski definition) is 3. The average Bonchev–Trinajstić information content (AvgIpc) is 2.79. The van der Waals surface area contributed by atoms with Crippen LogP contribution in [0.1, 0.15) is 30.9 Å². The molecular weight excluding hydrogens is 337 g/mol. The maximum Gasteiger partial charge on any atom is 0.226 e. The highest BCUT2D eigenvalue weighted by Crippen LogP contribution is 2.37. The lowest BCUT2D eigenvalue weighted by Crippen LogP contribution is -2.35. The van der Waals surface area contributed by atoms with E-state index in [9.17, 15) is 9.59 Å². The molecule has 0 bridgehead atoms. The minimum Gasteiger partial charge on any atom is -0.356 e. The summed E-state index contributed by atoms with van der Waals surface area (Å²) in [6.45, 7) is 1.21. The fourth-order valence-electron chi connectivity index (χ4n) is 2.86. The Morgan fingerprint density at radius 3 is 2.83 bits per heavy atom. The summed E-state index contributed by atoms with van der Waals surface area (Å²) in [6, 6.07) is 7.07. The van der Waals surface area contributed by atoms with E-state index in [1.807, 2.05) is 18.2 Å². The average molecular weight is 360 g/mol. The molecule has 0 aliphatic carbocycles. The fraction of sp³-hybridized carbons (Fsp3) is 0.500. The second kappa shape index (κ2) is 9.11. The van der Waals surface area contributed by atoms with Crippen molar-refractivity contribution in [2.75, 3.05) is 20.1 Å². The maximum absolute atomic E-state index is 12.4. The second-order valence-electron chi connectivity index (χ2n) is 5.60. The smallest absolute Gasteiger partial charge is 0.226 e. The van der Waals surface area contributed by atoms with Gasteiger partial charge in [-0.1, -0.05) is 23.7 Å². The first-order chi connectivity index (χ1) is 10.5. The summed E-state index contributed by atoms with van der Waals surface area (Å²) in [6.07, 6.45) is 1.96. The normalized spacial score (nSPS) is 20.3. The molecule has 5 nitrogen and oxygen atoms in total. The molecule has 7 heteroatoms. The van der Waals surface area contributed by atoms with Gasteiger partial charge in [-0.25, -0.2) is 0 Å². The van der Waals surface area contributed by atoms with Crippen LogP contribution in [-0.4, -0.2) is 36.9 Å². The van der Waals surface area contributed by atoms with Crippen LogP contribution in [0.3, 0.4) is 0 Å². The third-order valence-electron chi connectivity index (χ3n) is 4.04. The van der Waals surface area contributed by atoms with E-state index >= 15 is 0 Å². The van der Waals surface area contributed by atoms with Crippen LogP contribution in [-0.2, 0) is 9.59 Å². The fourth-order valence-corrected chi connectivity index (χ4v) is 3.06. The molecule has 23 heavy (non-hydrogen) atoms. The molecular formula is C16H23Cl2N3O2. The number of carbonyl (C=O) groups excluding carboxylic acids is 2. The number of rotatable bonds is 6. The van der Waals surface area contributed by atoms with E-state index in [-0.39, 0.29) is 42.6 Å². The standard InChI is InChI=1S/C16H22ClN3O2.ClH/c1-20-14(21)10-13(16(22)19-8-3-2-7-18)15(20)11-5-4-6-12(17)9-11;/h4-6,9,13,15H,2-3,7-8,10,18H2,1H3,(H,19,22);1H. The molecule has 0 aromatic heterocycles. The zero-order valence-electron chi connectivity index (χ0n) is 13.1. The van der Waals surface area contributed by atoms with Crippen molar-refractivity contribution in [2.45, 2.75) is 25.3 Å². The Morgan fingerprint density at radius 2 is 2.17 bits per heavy atom. The predicted molar refractivity (Wildman–Crippen MR) is 93.6 cm³/mol. The quantitative estimate of drug-likeness (QED) is 0.764. The van der Waals surface area contributed by atoms with Gasteiger partial charge in [0.1, 0.15) is 0 Å². The number of unbranched alkanes of at least 4 members (excludes halogenated alkanes) is 1. The van der Waals surface area contributed by atoms with Crippen LogP contribution in [0.4, 0.5) is 0 Å². The van der Waals surface area contributed by atoms with E-state index in [1.54, 1.807) is 18.0 Å². The first-order valence-electron chi connectivity index (χ1n) is 7.53. The molecule has 1 aliphatic rings. The molecule has 2 amide bonds. The summed E-state index contributed by atoms with van der Waals surface area (Å²) in [5.41, 5.74) is 6.33. The van der Waals surface area contributed by atoms with Gasteiger partial charge < -0.3 is 16.0 Å². The summed E-state index contributed by atoms with van der Waals surface area (Å²) >= 11 is 6.04. The van der Waals surface area contributed by atoms with Crippen molar-refractivity contribution in [3.8, 4) is 0 Å². The van der Waals surface area contributed by atoms with Crippen molar-refractivity contribution in [2.24, 2.45) is 11.7 Å². The van der Waals surface area contributed by atoms with Gasteiger partial charge in [0.25, 0.3) is 0 Å². The van der Waals surface area contributed by atoms with Crippen molar-refractivity contribution in [1.82, 2.24) is 10.2 Å². The van der Waals surface area contributed by atoms with Crippen molar-refractivity contribution in [1.29, 1.82) is 0 Å². The SMILES string of the molecule is CN1C(=O)CC(C(=O)NCCCCN)C1c1cccc(Cl)c1.Cl. The van der Waals surface area contributed by atoms with E-state index in [4.69, 9.17) is 17.3 Å². The highest BCUT2D eigenvalue weighted by molar-refractivity contribution is 6.30. The van der Waals surface area contributed by atoms with Gasteiger partial charge in [-0.05, 0) is 37.1 Å². The van der Waals surface area contributed by atoms with Crippen molar-refractivity contribution in [3.63, 3.8) is 0 Å². The van der Waals surface area contributed by atoms with E-state index in [1.165, 1.54) is 0 Å². The van der Waals surface area contributed by atoms with E-state index in [0.29, 0.717) is 18.1 Å². The minimum absolute atomic E-state index is 0. The molecule has 1 heterocycles. The summed E-state index contributed by atoms with van der Waals surface area (Å²) in [5, 5.41) is 3.51. The van der Waals surface area contributed by atoms with Crippen LogP contribution in [0.25, 0.3) is 0 Å². The van der Waals surface area contributed by atoms with Crippen LogP contribution < -0.4 is 11.1 Å². The summed E-state index contributed by atoms with van der Waals surface area (Å²) in [4.78, 5) is 26.1. The van der Waals surface area contributed by atoms with Gasteiger partial charge in [-0.15, -0.1) is 12.4 Å². The highest BCUT2D eigenvalue weighted by Gasteiger charge is 2.42. The Labute approximate surface area is 148 Å². The number of nitrogens with two attached hydrogens (primary N) is 1. The number of amides is 2. The lowest BCUT2D eigenvalue weighted by atomic mass is 9.93. The third kappa shape index (κ3) is 4.83. The number of hydrogen-bond donors (Lipinski definition) is 2. The Morgan fingerprint density at radius 1 is 1.43 bits per heavy atom. The molecule has 2 unspecified atom stereocenters. The number of nitrogens with one attached hydrogen (secondary N) is 1. The predicted octanol–water partition coefficient (Wildman–Crippen LogP) is 2.14. The topological polar surface area (TPSA) is 75.4 Å². The van der Waals surface area contributed by atoms with Crippen molar-refractivity contribution >= 4 is 35.8 Å². The first-order valence-corrected chi connectivity index (χ1v) is 7.91. The van der Waals surface area contributed by atoms with E-state index in [2.05, 4.69) is 5.32 Å². The number of nitrogens with zero attached hydrogens (tertiary/aromatic N) is 1. The van der Waals surface area contributed by atoms with Crippen LogP contribution in [0.15, 0.2) is 24.3 Å². The van der Waals surface area contributed by atoms with Crippen LogP contribution in [0, 0.1) is 5.92 Å². The Balaban J connectivity index is 0.00000264. The van der Waals surface area contributed by atoms with Gasteiger partial charge in [-0.3, -0.25) is 9.59 Å². The van der Waals surface area contributed by atoms with Gasteiger partial charge in [-0.2, -0.15) is 0 Å². The summed E-state index contributed by atoms with van der Waals surface area (Å²) in [7, 11) is 1.73. The first kappa shape index (κ1) is 19.7. The highest BCUT2D eigenvalue weighted by atomic mass is 35.5. The van der Waals surface area contributed by atoms with E-state index in [0.717, 1.165) is 18.4 Å². The van der Waals surface area contributed by atoms with Gasteiger partial charge >= 0.3 is 0 Å². The van der Waals surface area contributed by atoms with Gasteiger partial charge in [0, 0.05) is 25.0 Å². The lowest BCUT2D eigenvalue weighted by Gasteiger charge is -2.25. The minimum atomic E-state index is -0.381. The number of carbonyl (C=O) groups is 2. The van der Waals surface area contributed by atoms with Gasteiger partial charge in [0.05, 0.1) is 12.0 Å². The van der Waals surface area contributed by atoms with Crippen LogP contribution in [0.2, 0.25) is 5.02 Å². The van der Waals surface area contributed by atoms with Crippen LogP contribution >= 0.6 is 24.0 Å². The number of halogens is 2. The van der Waals surface area contributed by atoms with Crippen molar-refractivity contribution < 1.29 is 9.59 Å². The third-order valence-corrected chi connectivity index (χ3v) is 4.28. The Hall–Kier alpha value is -1.30. The lowest BCUT2D eigenvalue weighted by molar-refractivity contribution is -0.128. The van der Waals surface area contributed by atoms with Crippen LogP contribution in [0.5, 0.6) is 0 Å². The molecule has 1 aliphatic heterocycles. The Bertz CT molecular complexity index is 554. The monoisotopic (exact) mass is 359 g/mol. The number of likely N-dealkylation sites (tertiary alicyclic amines) is 1. The van der Waals surface area contributed by atoms with Gasteiger partial charge in [0.2, 0.25) is 11.8 Å². The zero-order chi connectivity index (χ0) is 16.1. The molecule has 1 aromatic carbocycles. The van der Waals surface area contributed by atoms with Crippen molar-refractivity contribution in [3.05, 3.63) is 34.9 Å². The molecule has 0 saturated carbocycles. The molecule has 2 rings (SSSR count). The maximum atomic E-state index is 12.4. The largest absolute Gasteiger partial charge is 0.356 e. The molecule has 1 fully saturated rings. The summed E-state index contributed by atoms with van der Waals surface area (Å²) < 4.78 is 0. The molecule has 0 radical (unpaired) electrons. The Kier molecular flexibility index (Phi) is 7.82. The molecule has 2 atom stereocenters. The molecule has 1 saturated heterocycles. The molecule has 0 spiro atoms. The van der Waals surface area contributed by atoms with E-state index < -0.39 is 0 Å². The zero-order valence-corrected chi connectivity index (χ0v) is 14.7.